The first-order chi connectivity index (χ1) is 22.9. The Balaban J connectivity index is 1.63. The summed E-state index contributed by atoms with van der Waals surface area (Å²) < 4.78 is 0. The summed E-state index contributed by atoms with van der Waals surface area (Å²) in [6.07, 6.45) is 3.73. The Labute approximate surface area is 279 Å². The third-order valence-corrected chi connectivity index (χ3v) is 8.29. The molecule has 1 aromatic heterocycles. The highest BCUT2D eigenvalue weighted by molar-refractivity contribution is 5.96. The van der Waals surface area contributed by atoms with Gasteiger partial charge in [0, 0.05) is 71.6 Å². The van der Waals surface area contributed by atoms with Crippen LogP contribution in [0.25, 0.3) is 0 Å². The van der Waals surface area contributed by atoms with Crippen molar-refractivity contribution >= 4 is 35.6 Å². The molecular formula is C31H48N8O9. The molecule has 1 fully saturated rings. The minimum Gasteiger partial charge on any atom is -0.480 e. The standard InChI is InChI=1S/C31H48N8O9/c1-2-3-5-32-26(40)17-34-31(48)24-15-23-4-6-39(18-25(23)33-16-24)27(41)19-35-7-9-36(20-28(42)43)11-13-38(22-30(46)47)14-12-37(10-8-35)21-29(44)45/h15-16H,2-14,17-22H2,1H3,(H,32,40)(H,34,48)(H,42,43)(H,44,45)(H,46,47). The molecule has 5 N–H and O–H groups in total. The maximum absolute atomic E-state index is 13.5. The molecule has 3 amide bonds. The van der Waals surface area contributed by atoms with E-state index in [2.05, 4.69) is 15.6 Å². The average molecular weight is 677 g/mol. The molecule has 1 saturated heterocycles. The number of nitrogens with zero attached hydrogens (tertiary/aromatic N) is 6. The quantitative estimate of drug-likeness (QED) is 0.136. The molecule has 0 aromatic carbocycles. The highest BCUT2D eigenvalue weighted by atomic mass is 16.4. The molecule has 3 heterocycles. The van der Waals surface area contributed by atoms with Crippen LogP contribution in [-0.4, -0.2) is 179 Å². The lowest BCUT2D eigenvalue weighted by Gasteiger charge is -2.34. The number of carboxylic acids is 3. The summed E-state index contributed by atoms with van der Waals surface area (Å²) in [4.78, 5) is 85.6. The first-order valence-electron chi connectivity index (χ1n) is 16.3. The number of unbranched alkanes of at least 4 members (excludes halogenated alkanes) is 1. The molecule has 17 nitrogen and oxygen atoms in total. The van der Waals surface area contributed by atoms with Gasteiger partial charge in [-0.05, 0) is 24.5 Å². The van der Waals surface area contributed by atoms with Crippen molar-refractivity contribution in [2.45, 2.75) is 32.7 Å². The molecule has 0 unspecified atom stereocenters. The number of rotatable bonds is 14. The van der Waals surface area contributed by atoms with Gasteiger partial charge in [-0.3, -0.25) is 53.4 Å². The van der Waals surface area contributed by atoms with Crippen molar-refractivity contribution in [3.05, 3.63) is 29.1 Å². The Kier molecular flexibility index (Phi) is 15.6. The Morgan fingerprint density at radius 3 is 1.71 bits per heavy atom. The fourth-order valence-corrected chi connectivity index (χ4v) is 5.56. The second-order valence-corrected chi connectivity index (χ2v) is 12.1. The average Bonchev–Trinajstić information content (AvgIpc) is 3.03. The van der Waals surface area contributed by atoms with Crippen molar-refractivity contribution in [2.24, 2.45) is 0 Å². The van der Waals surface area contributed by atoms with Gasteiger partial charge in [0.05, 0.1) is 50.5 Å². The van der Waals surface area contributed by atoms with E-state index in [4.69, 9.17) is 0 Å². The molecule has 266 valence electrons. The number of carbonyl (C=O) groups excluding carboxylic acids is 3. The smallest absolute Gasteiger partial charge is 0.317 e. The molecule has 0 radical (unpaired) electrons. The Morgan fingerprint density at radius 2 is 1.23 bits per heavy atom. The molecule has 0 saturated carbocycles. The monoisotopic (exact) mass is 676 g/mol. The van der Waals surface area contributed by atoms with E-state index in [-0.39, 0.29) is 64.2 Å². The van der Waals surface area contributed by atoms with Crippen LogP contribution in [0.4, 0.5) is 0 Å². The fraction of sp³-hybridized carbons (Fsp3) is 0.645. The van der Waals surface area contributed by atoms with Gasteiger partial charge in [0.1, 0.15) is 0 Å². The van der Waals surface area contributed by atoms with Gasteiger partial charge >= 0.3 is 17.9 Å². The Hall–Kier alpha value is -4.19. The van der Waals surface area contributed by atoms with E-state index < -0.39 is 23.8 Å². The molecular weight excluding hydrogens is 628 g/mol. The maximum Gasteiger partial charge on any atom is 0.317 e. The lowest BCUT2D eigenvalue weighted by Crippen LogP contribution is -2.50. The second-order valence-electron chi connectivity index (χ2n) is 12.1. The van der Waals surface area contributed by atoms with Crippen LogP contribution in [0.5, 0.6) is 0 Å². The van der Waals surface area contributed by atoms with E-state index in [1.165, 1.54) is 6.20 Å². The van der Waals surface area contributed by atoms with Crippen molar-refractivity contribution in [1.29, 1.82) is 0 Å². The van der Waals surface area contributed by atoms with Crippen LogP contribution >= 0.6 is 0 Å². The van der Waals surface area contributed by atoms with Gasteiger partial charge in [0.2, 0.25) is 11.8 Å². The molecule has 0 atom stereocenters. The van der Waals surface area contributed by atoms with Gasteiger partial charge in [-0.1, -0.05) is 13.3 Å². The molecule has 2 aliphatic heterocycles. The van der Waals surface area contributed by atoms with Crippen LogP contribution in [0.1, 0.15) is 41.4 Å². The minimum absolute atomic E-state index is 0.0309. The SMILES string of the molecule is CCCCNC(=O)CNC(=O)c1cnc2c(c1)CCN(C(=O)CN1CCN(CC(=O)O)CCN(CC(=O)O)CCN(CC(=O)O)CC1)C2. The summed E-state index contributed by atoms with van der Waals surface area (Å²) in [7, 11) is 0. The minimum atomic E-state index is -1.03. The van der Waals surface area contributed by atoms with Crippen molar-refractivity contribution in [1.82, 2.24) is 40.1 Å². The largest absolute Gasteiger partial charge is 0.480 e. The third-order valence-electron chi connectivity index (χ3n) is 8.29. The Bertz CT molecular complexity index is 1260. The summed E-state index contributed by atoms with van der Waals surface area (Å²) in [6, 6.07) is 1.73. The topological polar surface area (TPSA) is 216 Å². The molecule has 2 aliphatic rings. The summed E-state index contributed by atoms with van der Waals surface area (Å²) in [5.41, 5.74) is 1.84. The number of hydrogen-bond donors (Lipinski definition) is 5. The fourth-order valence-electron chi connectivity index (χ4n) is 5.56. The lowest BCUT2D eigenvalue weighted by atomic mass is 10.0. The highest BCUT2D eigenvalue weighted by Crippen LogP contribution is 2.19. The zero-order valence-corrected chi connectivity index (χ0v) is 27.6. The van der Waals surface area contributed by atoms with Crippen LogP contribution < -0.4 is 10.6 Å². The summed E-state index contributed by atoms with van der Waals surface area (Å²) >= 11 is 0. The molecule has 1 aromatic rings. The van der Waals surface area contributed by atoms with E-state index in [1.54, 1.807) is 25.7 Å². The second kappa shape index (κ2) is 19.6. The van der Waals surface area contributed by atoms with Gasteiger partial charge in [-0.2, -0.15) is 0 Å². The molecule has 0 bridgehead atoms. The number of carboxylic acid groups (broad SMARTS) is 3. The number of aromatic nitrogens is 1. The van der Waals surface area contributed by atoms with Crippen LogP contribution in [-0.2, 0) is 36.9 Å². The maximum atomic E-state index is 13.5. The molecule has 48 heavy (non-hydrogen) atoms. The number of amides is 3. The van der Waals surface area contributed by atoms with Gasteiger partial charge in [0.25, 0.3) is 5.91 Å². The first-order valence-corrected chi connectivity index (χ1v) is 16.3. The van der Waals surface area contributed by atoms with Gasteiger partial charge < -0.3 is 30.9 Å². The van der Waals surface area contributed by atoms with Crippen LogP contribution in [0.15, 0.2) is 12.3 Å². The molecule has 0 spiro atoms. The normalized spacial score (nSPS) is 17.4. The Morgan fingerprint density at radius 1 is 0.729 bits per heavy atom. The summed E-state index contributed by atoms with van der Waals surface area (Å²) in [5, 5.41) is 33.6. The summed E-state index contributed by atoms with van der Waals surface area (Å²) in [6.45, 7) is 4.88. The lowest BCUT2D eigenvalue weighted by molar-refractivity contribution is -0.140. The number of pyridine rings is 1. The van der Waals surface area contributed by atoms with Crippen molar-refractivity contribution in [2.75, 3.05) is 98.2 Å². The van der Waals surface area contributed by atoms with Crippen molar-refractivity contribution in [3.63, 3.8) is 0 Å². The van der Waals surface area contributed by atoms with Gasteiger partial charge in [-0.25, -0.2) is 0 Å². The predicted octanol–water partition coefficient (Wildman–Crippen LogP) is -1.91. The van der Waals surface area contributed by atoms with E-state index in [1.807, 2.05) is 11.8 Å². The number of nitrogens with one attached hydrogen (secondary N) is 2. The number of carbonyl (C=O) groups is 6. The highest BCUT2D eigenvalue weighted by Gasteiger charge is 2.26. The molecule has 17 heteroatoms. The van der Waals surface area contributed by atoms with E-state index in [0.29, 0.717) is 70.0 Å². The van der Waals surface area contributed by atoms with Gasteiger partial charge in [-0.15, -0.1) is 0 Å². The van der Waals surface area contributed by atoms with Gasteiger partial charge in [0.15, 0.2) is 0 Å². The van der Waals surface area contributed by atoms with E-state index in [9.17, 15) is 44.1 Å². The van der Waals surface area contributed by atoms with Crippen molar-refractivity contribution in [3.8, 4) is 0 Å². The number of hydrogen-bond acceptors (Lipinski definition) is 11. The summed E-state index contributed by atoms with van der Waals surface area (Å²) in [5.74, 6) is -3.89. The first kappa shape index (κ1) is 38.3. The number of aliphatic carboxylic acids is 3. The van der Waals surface area contributed by atoms with Crippen molar-refractivity contribution < 1.29 is 44.1 Å². The molecule has 0 aliphatic carbocycles. The van der Waals surface area contributed by atoms with Crippen LogP contribution in [0, 0.1) is 0 Å². The zero-order chi connectivity index (χ0) is 35.1. The predicted molar refractivity (Wildman–Crippen MR) is 172 cm³/mol. The van der Waals surface area contributed by atoms with Crippen LogP contribution in [0.2, 0.25) is 0 Å². The third kappa shape index (κ3) is 13.5. The molecule has 3 rings (SSSR count). The zero-order valence-electron chi connectivity index (χ0n) is 27.6. The van der Waals surface area contributed by atoms with E-state index in [0.717, 1.165) is 18.4 Å². The van der Waals surface area contributed by atoms with Crippen LogP contribution in [0.3, 0.4) is 0 Å². The van der Waals surface area contributed by atoms with E-state index >= 15 is 0 Å². The number of fused-ring (bicyclic) bond motifs is 1.